The van der Waals surface area contributed by atoms with Crippen LogP contribution in [0.2, 0.25) is 10.0 Å². The lowest BCUT2D eigenvalue weighted by Crippen LogP contribution is -2.25. The highest BCUT2D eigenvalue weighted by Crippen LogP contribution is 2.38. The highest BCUT2D eigenvalue weighted by atomic mass is 35.5. The molecule has 0 radical (unpaired) electrons. The molecule has 0 saturated heterocycles. The summed E-state index contributed by atoms with van der Waals surface area (Å²) >= 11 is 11.8. The van der Waals surface area contributed by atoms with Gasteiger partial charge >= 0.3 is 0 Å². The van der Waals surface area contributed by atoms with Gasteiger partial charge in [-0.3, -0.25) is 10.1 Å². The SMILES string of the molecule is O=[N+]([O-])c1cc(Cl)c(O[C@H]2CCC[C@@H]2O)c(Cl)c1. The van der Waals surface area contributed by atoms with Crippen molar-refractivity contribution in [3.8, 4) is 5.75 Å². The van der Waals surface area contributed by atoms with Gasteiger partial charge in [-0.25, -0.2) is 0 Å². The number of hydrogen-bond donors (Lipinski definition) is 1. The predicted octanol–water partition coefficient (Wildman–Crippen LogP) is 3.19. The van der Waals surface area contributed by atoms with Crippen LogP contribution in [0.5, 0.6) is 5.75 Å². The van der Waals surface area contributed by atoms with Gasteiger partial charge in [0.05, 0.1) is 21.1 Å². The van der Waals surface area contributed by atoms with Gasteiger partial charge in [-0.05, 0) is 19.3 Å². The van der Waals surface area contributed by atoms with Crippen LogP contribution >= 0.6 is 23.2 Å². The maximum absolute atomic E-state index is 10.6. The van der Waals surface area contributed by atoms with E-state index in [1.165, 1.54) is 12.1 Å². The number of non-ortho nitro benzene ring substituents is 1. The third-order valence-electron chi connectivity index (χ3n) is 2.88. The Morgan fingerprint density at radius 2 is 1.94 bits per heavy atom. The summed E-state index contributed by atoms with van der Waals surface area (Å²) in [5.74, 6) is 0.190. The molecule has 0 bridgehead atoms. The second kappa shape index (κ2) is 5.30. The van der Waals surface area contributed by atoms with Crippen molar-refractivity contribution in [1.82, 2.24) is 0 Å². The van der Waals surface area contributed by atoms with Gasteiger partial charge in [-0.1, -0.05) is 23.2 Å². The molecule has 1 aliphatic carbocycles. The van der Waals surface area contributed by atoms with Crippen molar-refractivity contribution < 1.29 is 14.8 Å². The average molecular weight is 292 g/mol. The van der Waals surface area contributed by atoms with Gasteiger partial charge in [0.2, 0.25) is 0 Å². The normalized spacial score (nSPS) is 23.1. The average Bonchev–Trinajstić information content (AvgIpc) is 2.69. The standard InChI is InChI=1S/C11H11Cl2NO4/c12-7-4-6(14(16)17)5-8(13)11(7)18-10-3-1-2-9(10)15/h4-5,9-10,15H,1-3H2/t9-,10-/m0/s1. The molecule has 0 spiro atoms. The van der Waals surface area contributed by atoms with Gasteiger partial charge in [0.25, 0.3) is 5.69 Å². The third kappa shape index (κ3) is 2.68. The number of nitro groups is 1. The largest absolute Gasteiger partial charge is 0.485 e. The molecule has 98 valence electrons. The molecule has 0 aliphatic heterocycles. The van der Waals surface area contributed by atoms with Gasteiger partial charge in [0.1, 0.15) is 6.10 Å². The highest BCUT2D eigenvalue weighted by molar-refractivity contribution is 6.37. The van der Waals surface area contributed by atoms with Crippen molar-refractivity contribution in [3.63, 3.8) is 0 Å². The Labute approximate surface area is 113 Å². The first kappa shape index (κ1) is 13.4. The first-order chi connectivity index (χ1) is 8.49. The molecule has 1 N–H and O–H groups in total. The molecule has 1 aliphatic rings. The van der Waals surface area contributed by atoms with Crippen molar-refractivity contribution in [2.24, 2.45) is 0 Å². The number of rotatable bonds is 3. The minimum atomic E-state index is -0.577. The van der Waals surface area contributed by atoms with Crippen LogP contribution in [0, 0.1) is 10.1 Å². The Morgan fingerprint density at radius 1 is 1.33 bits per heavy atom. The highest BCUT2D eigenvalue weighted by Gasteiger charge is 2.29. The summed E-state index contributed by atoms with van der Waals surface area (Å²) in [6.45, 7) is 0. The van der Waals surface area contributed by atoms with Gasteiger partial charge in [0.15, 0.2) is 5.75 Å². The molecule has 1 aromatic carbocycles. The molecule has 2 rings (SSSR count). The van der Waals surface area contributed by atoms with E-state index in [1.54, 1.807) is 0 Å². The van der Waals surface area contributed by atoms with E-state index in [0.717, 1.165) is 6.42 Å². The van der Waals surface area contributed by atoms with Crippen LogP contribution in [0.25, 0.3) is 0 Å². The van der Waals surface area contributed by atoms with Crippen LogP contribution in [-0.2, 0) is 0 Å². The zero-order chi connectivity index (χ0) is 13.3. The molecule has 0 unspecified atom stereocenters. The minimum absolute atomic E-state index is 0.0771. The first-order valence-corrected chi connectivity index (χ1v) is 6.23. The Balaban J connectivity index is 2.25. The van der Waals surface area contributed by atoms with Crippen LogP contribution in [-0.4, -0.2) is 22.2 Å². The molecule has 0 amide bonds. The van der Waals surface area contributed by atoms with Gasteiger partial charge in [-0.15, -0.1) is 0 Å². The van der Waals surface area contributed by atoms with Crippen molar-refractivity contribution >= 4 is 28.9 Å². The fourth-order valence-electron chi connectivity index (χ4n) is 1.96. The topological polar surface area (TPSA) is 72.6 Å². The zero-order valence-electron chi connectivity index (χ0n) is 9.31. The van der Waals surface area contributed by atoms with Crippen LogP contribution in [0.3, 0.4) is 0 Å². The second-order valence-electron chi connectivity index (χ2n) is 4.15. The third-order valence-corrected chi connectivity index (χ3v) is 3.44. The van der Waals surface area contributed by atoms with E-state index >= 15 is 0 Å². The Hall–Kier alpha value is -1.04. The summed E-state index contributed by atoms with van der Waals surface area (Å²) in [7, 11) is 0. The zero-order valence-corrected chi connectivity index (χ0v) is 10.8. The van der Waals surface area contributed by atoms with Crippen molar-refractivity contribution in [2.45, 2.75) is 31.5 Å². The number of ether oxygens (including phenoxy) is 1. The summed E-state index contributed by atoms with van der Waals surface area (Å²) in [5, 5.41) is 20.4. The Morgan fingerprint density at radius 3 is 2.39 bits per heavy atom. The molecule has 2 atom stereocenters. The number of halogens is 2. The van der Waals surface area contributed by atoms with Crippen molar-refractivity contribution in [3.05, 3.63) is 32.3 Å². The van der Waals surface area contributed by atoms with Crippen LogP contribution < -0.4 is 4.74 Å². The van der Waals surface area contributed by atoms with E-state index in [9.17, 15) is 15.2 Å². The Kier molecular flexibility index (Phi) is 3.94. The number of aliphatic hydroxyl groups is 1. The number of benzene rings is 1. The number of nitrogens with zero attached hydrogens (tertiary/aromatic N) is 1. The summed E-state index contributed by atoms with van der Waals surface area (Å²) in [6, 6.07) is 2.37. The molecular formula is C11H11Cl2NO4. The first-order valence-electron chi connectivity index (χ1n) is 5.47. The molecule has 1 saturated carbocycles. The number of nitro benzene ring substituents is 1. The maximum atomic E-state index is 10.6. The quantitative estimate of drug-likeness (QED) is 0.686. The summed E-state index contributed by atoms with van der Waals surface area (Å²) in [5.41, 5.74) is -0.190. The van der Waals surface area contributed by atoms with E-state index in [4.69, 9.17) is 27.9 Å². The van der Waals surface area contributed by atoms with E-state index < -0.39 is 11.0 Å². The smallest absolute Gasteiger partial charge is 0.272 e. The van der Waals surface area contributed by atoms with Gasteiger partial charge in [0, 0.05) is 12.1 Å². The molecular weight excluding hydrogens is 281 g/mol. The molecule has 18 heavy (non-hydrogen) atoms. The molecule has 1 aromatic rings. The van der Waals surface area contributed by atoms with E-state index in [0.29, 0.717) is 12.8 Å². The van der Waals surface area contributed by atoms with Gasteiger partial charge in [-0.2, -0.15) is 0 Å². The maximum Gasteiger partial charge on any atom is 0.272 e. The molecule has 5 nitrogen and oxygen atoms in total. The fraction of sp³-hybridized carbons (Fsp3) is 0.455. The van der Waals surface area contributed by atoms with Gasteiger partial charge < -0.3 is 9.84 Å². The van der Waals surface area contributed by atoms with Crippen LogP contribution in [0.4, 0.5) is 5.69 Å². The number of hydrogen-bond acceptors (Lipinski definition) is 4. The second-order valence-corrected chi connectivity index (χ2v) is 4.96. The lowest BCUT2D eigenvalue weighted by Gasteiger charge is -2.18. The molecule has 7 heteroatoms. The Bertz CT molecular complexity index is 457. The van der Waals surface area contributed by atoms with E-state index in [-0.39, 0.29) is 27.6 Å². The van der Waals surface area contributed by atoms with Crippen LogP contribution in [0.1, 0.15) is 19.3 Å². The summed E-state index contributed by atoms with van der Waals surface area (Å²) in [4.78, 5) is 10.0. The lowest BCUT2D eigenvalue weighted by atomic mass is 10.2. The summed E-state index contributed by atoms with van der Waals surface area (Å²) < 4.78 is 5.55. The van der Waals surface area contributed by atoms with E-state index in [2.05, 4.69) is 0 Å². The van der Waals surface area contributed by atoms with Crippen molar-refractivity contribution in [1.29, 1.82) is 0 Å². The minimum Gasteiger partial charge on any atom is -0.485 e. The van der Waals surface area contributed by atoms with E-state index in [1.807, 2.05) is 0 Å². The van der Waals surface area contributed by atoms with Crippen molar-refractivity contribution in [2.75, 3.05) is 0 Å². The molecule has 0 aromatic heterocycles. The lowest BCUT2D eigenvalue weighted by molar-refractivity contribution is -0.384. The van der Waals surface area contributed by atoms with Crippen LogP contribution in [0.15, 0.2) is 12.1 Å². The molecule has 0 heterocycles. The monoisotopic (exact) mass is 291 g/mol. The predicted molar refractivity (Wildman–Crippen MR) is 67.4 cm³/mol. The fourth-order valence-corrected chi connectivity index (χ4v) is 2.52. The molecule has 1 fully saturated rings. The number of aliphatic hydroxyl groups excluding tert-OH is 1. The summed E-state index contributed by atoms with van der Waals surface area (Å²) in [6.07, 6.45) is 1.35.